The van der Waals surface area contributed by atoms with Crippen LogP contribution in [0, 0.1) is 17.6 Å². The molecule has 3 aliphatic heterocycles. The number of nitrogens with zero attached hydrogens (tertiary/aromatic N) is 8. The van der Waals surface area contributed by atoms with Crippen LogP contribution in [-0.4, -0.2) is 93.7 Å². The van der Waals surface area contributed by atoms with Crippen LogP contribution in [0.4, 0.5) is 20.2 Å². The highest BCUT2D eigenvalue weighted by atomic mass is 19.1. The number of fused-ring (bicyclic) bond motifs is 3. The van der Waals surface area contributed by atoms with Crippen LogP contribution in [0.1, 0.15) is 66.7 Å². The highest BCUT2D eigenvalue weighted by Crippen LogP contribution is 2.45. The van der Waals surface area contributed by atoms with Crippen molar-refractivity contribution in [3.05, 3.63) is 75.3 Å². The Hall–Kier alpha value is -5.05. The van der Waals surface area contributed by atoms with E-state index in [4.69, 9.17) is 9.57 Å². The molecular formula is C37H42F2N8O5. The molecule has 3 fully saturated rings. The molecule has 4 aliphatic rings. The first-order valence-corrected chi connectivity index (χ1v) is 18.0. The Kier molecular flexibility index (Phi) is 9.05. The number of carboxylic acid groups (broad SMARTS) is 1. The number of aryl methyl sites for hydroxylation is 1. The number of methoxy groups -OCH3 is 1. The molecule has 1 N–H and O–H groups in total. The summed E-state index contributed by atoms with van der Waals surface area (Å²) in [6.07, 6.45) is 7.89. The number of hydrogen-bond donors (Lipinski definition) is 1. The summed E-state index contributed by atoms with van der Waals surface area (Å²) in [6.45, 7) is 6.98. The quantitative estimate of drug-likeness (QED) is 0.207. The van der Waals surface area contributed by atoms with Crippen LogP contribution in [0.25, 0.3) is 10.9 Å². The number of oxime groups is 1. The third-order valence-electron chi connectivity index (χ3n) is 10.8. The van der Waals surface area contributed by atoms with Gasteiger partial charge in [-0.05, 0) is 75.8 Å². The predicted octanol–water partition coefficient (Wildman–Crippen LogP) is 4.66. The Bertz CT molecular complexity index is 2110. The fourth-order valence-corrected chi connectivity index (χ4v) is 8.32. The molecule has 2 aromatic carbocycles. The minimum atomic E-state index is -1.33. The number of carbonyl (C=O) groups is 1. The number of hydrogen-bond acceptors (Lipinski definition) is 10. The Labute approximate surface area is 299 Å². The van der Waals surface area contributed by atoms with Gasteiger partial charge in [0.15, 0.2) is 11.6 Å². The van der Waals surface area contributed by atoms with E-state index in [9.17, 15) is 19.1 Å². The summed E-state index contributed by atoms with van der Waals surface area (Å²) < 4.78 is 39.6. The van der Waals surface area contributed by atoms with Gasteiger partial charge in [-0.3, -0.25) is 14.4 Å². The Morgan fingerprint density at radius 1 is 1.12 bits per heavy atom. The molecular weight excluding hydrogens is 674 g/mol. The summed E-state index contributed by atoms with van der Waals surface area (Å²) in [5.41, 5.74) is 2.97. The molecule has 1 aliphatic carbocycles. The number of pyridine rings is 1. The molecule has 8 rings (SSSR count). The lowest BCUT2D eigenvalue weighted by Crippen LogP contribution is -2.44. The van der Waals surface area contributed by atoms with Crippen molar-refractivity contribution < 1.29 is 28.3 Å². The molecule has 0 spiro atoms. The first-order valence-electron chi connectivity index (χ1n) is 18.0. The van der Waals surface area contributed by atoms with Crippen LogP contribution in [0.5, 0.6) is 5.75 Å². The summed E-state index contributed by atoms with van der Waals surface area (Å²) in [6, 6.07) is 6.15. The number of aromatic carboxylic acids is 1. The molecule has 15 heteroatoms. The van der Waals surface area contributed by atoms with Gasteiger partial charge >= 0.3 is 5.97 Å². The van der Waals surface area contributed by atoms with Crippen LogP contribution < -0.4 is 20.0 Å². The highest BCUT2D eigenvalue weighted by molar-refractivity contribution is 6.11. The van der Waals surface area contributed by atoms with Gasteiger partial charge in [0.1, 0.15) is 29.4 Å². The van der Waals surface area contributed by atoms with E-state index in [2.05, 4.69) is 25.3 Å². The second-order valence-corrected chi connectivity index (χ2v) is 14.2. The number of benzene rings is 2. The molecule has 1 saturated carbocycles. The Morgan fingerprint density at radius 2 is 1.96 bits per heavy atom. The van der Waals surface area contributed by atoms with Gasteiger partial charge in [0.2, 0.25) is 5.43 Å². The van der Waals surface area contributed by atoms with Crippen molar-refractivity contribution in [2.45, 2.75) is 64.2 Å². The molecule has 2 unspecified atom stereocenters. The van der Waals surface area contributed by atoms with Gasteiger partial charge in [-0.1, -0.05) is 10.4 Å². The first kappa shape index (κ1) is 34.1. The van der Waals surface area contributed by atoms with Gasteiger partial charge in [0.05, 0.1) is 30.3 Å². The van der Waals surface area contributed by atoms with E-state index in [0.29, 0.717) is 56.5 Å². The molecule has 274 valence electrons. The van der Waals surface area contributed by atoms with Crippen molar-refractivity contribution in [3.63, 3.8) is 0 Å². The molecule has 2 aromatic heterocycles. The molecule has 52 heavy (non-hydrogen) atoms. The van der Waals surface area contributed by atoms with Gasteiger partial charge in [0, 0.05) is 68.5 Å². The monoisotopic (exact) mass is 716 g/mol. The number of halogens is 2. The van der Waals surface area contributed by atoms with Crippen LogP contribution in [0.15, 0.2) is 46.6 Å². The number of rotatable bonds is 12. The summed E-state index contributed by atoms with van der Waals surface area (Å²) in [5, 5.41) is 22.8. The zero-order valence-corrected chi connectivity index (χ0v) is 29.3. The lowest BCUT2D eigenvalue weighted by molar-refractivity contribution is 0.0694. The maximum atomic E-state index is 16.1. The second-order valence-electron chi connectivity index (χ2n) is 14.2. The van der Waals surface area contributed by atoms with Crippen molar-refractivity contribution in [1.29, 1.82) is 0 Å². The fraction of sp³-hybridized carbons (Fsp3) is 0.486. The van der Waals surface area contributed by atoms with Gasteiger partial charge in [-0.15, -0.1) is 5.10 Å². The molecule has 2 saturated heterocycles. The molecule has 13 nitrogen and oxygen atoms in total. The van der Waals surface area contributed by atoms with E-state index in [1.54, 1.807) is 10.6 Å². The number of aromatic nitrogens is 4. The smallest absolute Gasteiger partial charge is 0.341 e. The number of ether oxygens (including phenoxy) is 1. The third kappa shape index (κ3) is 6.24. The standard InChI is InChI=1S/C37H42F2N8O5/c1-3-52-41-30-20-44(31-10-7-23(38)14-26(30)31)12-5-13-46-18-24(40-42-46)17-43-11-4-6-22-16-45(21-32(22)43)34-29(39)15-27-33(36(34)51-2)47(25-8-9-25)19-28(35(27)48)37(49)50/h7,10,14-15,18-19,22,25,32H,3-6,8-9,11-13,16-17,20-21H2,1-2H3,(H,49,50)/b41-30-. The lowest BCUT2D eigenvalue weighted by atomic mass is 9.92. The number of anilines is 2. The van der Waals surface area contributed by atoms with E-state index < -0.39 is 17.2 Å². The zero-order chi connectivity index (χ0) is 36.1. The maximum absolute atomic E-state index is 16.1. The van der Waals surface area contributed by atoms with Crippen LogP contribution in [0.2, 0.25) is 0 Å². The first-order chi connectivity index (χ1) is 25.2. The van der Waals surface area contributed by atoms with E-state index in [-0.39, 0.29) is 34.6 Å². The number of carboxylic acids is 1. The maximum Gasteiger partial charge on any atom is 0.341 e. The minimum Gasteiger partial charge on any atom is -0.492 e. The average molecular weight is 717 g/mol. The number of piperidine rings is 1. The molecule has 0 amide bonds. The second kappa shape index (κ2) is 13.8. The Balaban J connectivity index is 0.957. The van der Waals surface area contributed by atoms with Crippen molar-refractivity contribution in [1.82, 2.24) is 24.5 Å². The topological polar surface area (TPSA) is 131 Å². The SMILES string of the molecule is CCO/N=C1/CN(CCCn2cc(CN3CCCC4CN(c5c(F)cc6c(=O)c(C(=O)O)cn(C7CC7)c6c5OC)CC43)nn2)c2ccc(F)cc21. The van der Waals surface area contributed by atoms with Crippen molar-refractivity contribution >= 4 is 34.0 Å². The number of likely N-dealkylation sites (tertiary alicyclic amines) is 1. The molecule has 0 bridgehead atoms. The van der Waals surface area contributed by atoms with E-state index >= 15 is 4.39 Å². The van der Waals surface area contributed by atoms with Gasteiger partial charge in [-0.2, -0.15) is 0 Å². The van der Waals surface area contributed by atoms with Crippen LogP contribution in [0.3, 0.4) is 0 Å². The molecule has 2 atom stereocenters. The van der Waals surface area contributed by atoms with E-state index in [0.717, 1.165) is 67.9 Å². The van der Waals surface area contributed by atoms with Gasteiger partial charge in [-0.25, -0.2) is 13.6 Å². The average Bonchev–Trinajstić information content (AvgIpc) is 3.57. The van der Waals surface area contributed by atoms with Crippen molar-refractivity contribution in [2.75, 3.05) is 56.2 Å². The summed E-state index contributed by atoms with van der Waals surface area (Å²) in [4.78, 5) is 37.0. The zero-order valence-electron chi connectivity index (χ0n) is 29.3. The van der Waals surface area contributed by atoms with E-state index in [1.807, 2.05) is 22.7 Å². The van der Waals surface area contributed by atoms with Gasteiger partial charge < -0.3 is 29.0 Å². The minimum absolute atomic E-state index is 0.0204. The summed E-state index contributed by atoms with van der Waals surface area (Å²) >= 11 is 0. The third-order valence-corrected chi connectivity index (χ3v) is 10.8. The van der Waals surface area contributed by atoms with Crippen LogP contribution >= 0.6 is 0 Å². The Morgan fingerprint density at radius 3 is 2.73 bits per heavy atom. The normalized spacial score (nSPS) is 20.9. The van der Waals surface area contributed by atoms with Crippen molar-refractivity contribution in [2.24, 2.45) is 11.1 Å². The van der Waals surface area contributed by atoms with Gasteiger partial charge in [0.25, 0.3) is 0 Å². The summed E-state index contributed by atoms with van der Waals surface area (Å²) in [7, 11) is 1.47. The van der Waals surface area contributed by atoms with Crippen LogP contribution in [-0.2, 0) is 17.9 Å². The largest absolute Gasteiger partial charge is 0.492 e. The van der Waals surface area contributed by atoms with E-state index in [1.165, 1.54) is 31.5 Å². The fourth-order valence-electron chi connectivity index (χ4n) is 8.32. The molecule has 4 aromatic rings. The predicted molar refractivity (Wildman–Crippen MR) is 190 cm³/mol. The molecule has 0 radical (unpaired) electrons. The highest BCUT2D eigenvalue weighted by Gasteiger charge is 2.42. The summed E-state index contributed by atoms with van der Waals surface area (Å²) in [5.74, 6) is -1.66. The lowest BCUT2D eigenvalue weighted by Gasteiger charge is -2.36. The molecule has 5 heterocycles. The van der Waals surface area contributed by atoms with Crippen molar-refractivity contribution in [3.8, 4) is 5.75 Å².